The molecule has 1 aliphatic rings. The summed E-state index contributed by atoms with van der Waals surface area (Å²) in [5.74, 6) is -0.0791. The highest BCUT2D eigenvalue weighted by Crippen LogP contribution is 2.20. The lowest BCUT2D eigenvalue weighted by Crippen LogP contribution is -2.47. The number of ether oxygens (including phenoxy) is 1. The van der Waals surface area contributed by atoms with Crippen LogP contribution < -0.4 is 10.6 Å². The van der Waals surface area contributed by atoms with E-state index >= 15 is 0 Å². The van der Waals surface area contributed by atoms with E-state index in [0.29, 0.717) is 32.7 Å². The van der Waals surface area contributed by atoms with Gasteiger partial charge < -0.3 is 20.3 Å². The maximum atomic E-state index is 12.6. The minimum atomic E-state index is -0.391. The van der Waals surface area contributed by atoms with E-state index in [0.717, 1.165) is 29.7 Å². The molecule has 1 heterocycles. The molecule has 1 aliphatic heterocycles. The molecule has 0 bridgehead atoms. The average molecular weight is 347 g/mol. The van der Waals surface area contributed by atoms with Crippen LogP contribution in [0.2, 0.25) is 0 Å². The molecule has 0 radical (unpaired) electrons. The Morgan fingerprint density at radius 2 is 1.96 bits per heavy atom. The zero-order chi connectivity index (χ0) is 18.2. The van der Waals surface area contributed by atoms with Gasteiger partial charge in [-0.05, 0) is 63.3 Å². The summed E-state index contributed by atoms with van der Waals surface area (Å²) in [6.07, 6.45) is 2.33. The number of amides is 3. The van der Waals surface area contributed by atoms with Crippen molar-refractivity contribution in [1.29, 1.82) is 0 Å². The molecule has 1 unspecified atom stereocenters. The van der Waals surface area contributed by atoms with E-state index in [2.05, 4.69) is 16.7 Å². The first-order chi connectivity index (χ1) is 12.0. The van der Waals surface area contributed by atoms with E-state index in [1.807, 2.05) is 32.9 Å². The van der Waals surface area contributed by atoms with Crippen molar-refractivity contribution in [1.82, 2.24) is 10.2 Å². The number of likely N-dealkylation sites (tertiary alicyclic amines) is 1. The first-order valence-corrected chi connectivity index (χ1v) is 9.02. The summed E-state index contributed by atoms with van der Waals surface area (Å²) in [4.78, 5) is 26.6. The topological polar surface area (TPSA) is 70.7 Å². The van der Waals surface area contributed by atoms with E-state index in [1.54, 1.807) is 4.90 Å². The van der Waals surface area contributed by atoms with Crippen LogP contribution >= 0.6 is 0 Å². The van der Waals surface area contributed by atoms with Crippen molar-refractivity contribution in [2.24, 2.45) is 0 Å². The van der Waals surface area contributed by atoms with Crippen molar-refractivity contribution in [3.63, 3.8) is 0 Å². The van der Waals surface area contributed by atoms with Gasteiger partial charge in [0.2, 0.25) is 5.91 Å². The van der Waals surface area contributed by atoms with Crippen molar-refractivity contribution < 1.29 is 14.3 Å². The number of hydrogen-bond donors (Lipinski definition) is 2. The molecule has 3 amide bonds. The number of nitrogens with zero attached hydrogens (tertiary/aromatic N) is 1. The molecule has 1 fully saturated rings. The molecule has 1 aromatic carbocycles. The smallest absolute Gasteiger partial charge is 0.322 e. The van der Waals surface area contributed by atoms with Crippen LogP contribution in [0.25, 0.3) is 0 Å². The Hall–Kier alpha value is -2.08. The van der Waals surface area contributed by atoms with Crippen molar-refractivity contribution >= 4 is 17.6 Å². The molecule has 1 atom stereocenters. The lowest BCUT2D eigenvalue weighted by Gasteiger charge is -2.24. The van der Waals surface area contributed by atoms with Crippen LogP contribution in [0.3, 0.4) is 0 Å². The fraction of sp³-hybridized carbons (Fsp3) is 0.579. The first-order valence-electron chi connectivity index (χ1n) is 9.02. The van der Waals surface area contributed by atoms with Crippen molar-refractivity contribution in [2.45, 2.75) is 46.1 Å². The third-order valence-electron chi connectivity index (χ3n) is 4.26. The highest BCUT2D eigenvalue weighted by atomic mass is 16.5. The molecule has 0 spiro atoms. The molecule has 2 rings (SSSR count). The molecule has 0 aromatic heterocycles. The zero-order valence-electron chi connectivity index (χ0n) is 15.4. The van der Waals surface area contributed by atoms with Gasteiger partial charge in [0.15, 0.2) is 0 Å². The second kappa shape index (κ2) is 9.42. The van der Waals surface area contributed by atoms with Crippen molar-refractivity contribution in [2.75, 3.05) is 31.6 Å². The predicted octanol–water partition coefficient (Wildman–Crippen LogP) is 2.84. The van der Waals surface area contributed by atoms with Crippen LogP contribution in [0.4, 0.5) is 10.5 Å². The van der Waals surface area contributed by atoms with Gasteiger partial charge in [-0.15, -0.1) is 0 Å². The van der Waals surface area contributed by atoms with E-state index < -0.39 is 6.04 Å². The molecule has 138 valence electrons. The Morgan fingerprint density at radius 3 is 2.64 bits per heavy atom. The third kappa shape index (κ3) is 5.74. The number of rotatable bonds is 7. The summed E-state index contributed by atoms with van der Waals surface area (Å²) in [6, 6.07) is 5.33. The van der Waals surface area contributed by atoms with Gasteiger partial charge in [0, 0.05) is 32.0 Å². The third-order valence-corrected chi connectivity index (χ3v) is 4.26. The Morgan fingerprint density at radius 1 is 1.24 bits per heavy atom. The molecule has 0 saturated carbocycles. The first kappa shape index (κ1) is 19.2. The van der Waals surface area contributed by atoms with Gasteiger partial charge in [-0.25, -0.2) is 4.79 Å². The van der Waals surface area contributed by atoms with E-state index in [1.165, 1.54) is 0 Å². The number of carbonyl (C=O) groups excluding carboxylic acids is 2. The molecular weight excluding hydrogens is 318 g/mol. The van der Waals surface area contributed by atoms with Crippen LogP contribution in [0, 0.1) is 13.8 Å². The van der Waals surface area contributed by atoms with Crippen LogP contribution in [0.15, 0.2) is 18.2 Å². The summed E-state index contributed by atoms with van der Waals surface area (Å²) in [6.45, 7) is 8.44. The highest BCUT2D eigenvalue weighted by molar-refractivity contribution is 5.94. The summed E-state index contributed by atoms with van der Waals surface area (Å²) < 4.78 is 5.26. The molecule has 6 heteroatoms. The number of benzene rings is 1. The summed E-state index contributed by atoms with van der Waals surface area (Å²) in [5, 5.41) is 5.83. The van der Waals surface area contributed by atoms with Gasteiger partial charge >= 0.3 is 6.03 Å². The monoisotopic (exact) mass is 347 g/mol. The van der Waals surface area contributed by atoms with Gasteiger partial charge in [0.05, 0.1) is 0 Å². The summed E-state index contributed by atoms with van der Waals surface area (Å²) in [5.41, 5.74) is 2.96. The number of urea groups is 1. The maximum absolute atomic E-state index is 12.6. The van der Waals surface area contributed by atoms with Gasteiger partial charge in [-0.2, -0.15) is 0 Å². The Kier molecular flexibility index (Phi) is 7.25. The van der Waals surface area contributed by atoms with Crippen molar-refractivity contribution in [3.05, 3.63) is 29.3 Å². The minimum Gasteiger partial charge on any atom is -0.382 e. The fourth-order valence-corrected chi connectivity index (χ4v) is 3.17. The molecule has 1 aromatic rings. The number of nitrogens with one attached hydrogen (secondary N) is 2. The summed E-state index contributed by atoms with van der Waals surface area (Å²) >= 11 is 0. The molecule has 25 heavy (non-hydrogen) atoms. The van der Waals surface area contributed by atoms with E-state index in [9.17, 15) is 9.59 Å². The van der Waals surface area contributed by atoms with Gasteiger partial charge in [0.25, 0.3) is 0 Å². The normalized spacial score (nSPS) is 16.8. The second-order valence-electron chi connectivity index (χ2n) is 6.50. The minimum absolute atomic E-state index is 0.0791. The number of anilines is 1. The quantitative estimate of drug-likeness (QED) is 0.745. The predicted molar refractivity (Wildman–Crippen MR) is 98.8 cm³/mol. The lowest BCUT2D eigenvalue weighted by atomic mass is 10.1. The molecule has 0 aliphatic carbocycles. The SMILES string of the molecule is CCOCCCNC(=O)C1CCCN1C(=O)Nc1cc(C)cc(C)c1. The van der Waals surface area contributed by atoms with E-state index in [-0.39, 0.29) is 11.9 Å². The van der Waals surface area contributed by atoms with Crippen LogP contribution in [0.5, 0.6) is 0 Å². The Balaban J connectivity index is 1.88. The van der Waals surface area contributed by atoms with E-state index in [4.69, 9.17) is 4.74 Å². The van der Waals surface area contributed by atoms with Crippen LogP contribution in [-0.2, 0) is 9.53 Å². The zero-order valence-corrected chi connectivity index (χ0v) is 15.4. The molecular formula is C19H29N3O3. The highest BCUT2D eigenvalue weighted by Gasteiger charge is 2.33. The lowest BCUT2D eigenvalue weighted by molar-refractivity contribution is -0.124. The standard InChI is InChI=1S/C19H29N3O3/c1-4-25-10-6-8-20-18(23)17-7-5-9-22(17)19(24)21-16-12-14(2)11-15(3)13-16/h11-13,17H,4-10H2,1-3H3,(H,20,23)(H,21,24). The maximum Gasteiger partial charge on any atom is 0.322 e. The number of carbonyl (C=O) groups is 2. The number of hydrogen-bond acceptors (Lipinski definition) is 3. The van der Waals surface area contributed by atoms with Gasteiger partial charge in [-0.3, -0.25) is 4.79 Å². The van der Waals surface area contributed by atoms with Gasteiger partial charge in [0.1, 0.15) is 6.04 Å². The average Bonchev–Trinajstić information content (AvgIpc) is 3.03. The van der Waals surface area contributed by atoms with Crippen molar-refractivity contribution in [3.8, 4) is 0 Å². The van der Waals surface area contributed by atoms with Crippen LogP contribution in [0.1, 0.15) is 37.3 Å². The largest absolute Gasteiger partial charge is 0.382 e. The fourth-order valence-electron chi connectivity index (χ4n) is 3.17. The van der Waals surface area contributed by atoms with Gasteiger partial charge in [-0.1, -0.05) is 6.07 Å². The molecule has 6 nitrogen and oxygen atoms in total. The number of aryl methyl sites for hydroxylation is 2. The summed E-state index contributed by atoms with van der Waals surface area (Å²) in [7, 11) is 0. The second-order valence-corrected chi connectivity index (χ2v) is 6.50. The Bertz CT molecular complexity index is 583. The molecule has 1 saturated heterocycles. The Labute approximate surface area is 149 Å². The van der Waals surface area contributed by atoms with Crippen LogP contribution in [-0.4, -0.2) is 49.2 Å². The molecule has 2 N–H and O–H groups in total.